The minimum atomic E-state index is -0.729. The third kappa shape index (κ3) is 5.34. The first-order valence-electron chi connectivity index (χ1n) is 9.98. The summed E-state index contributed by atoms with van der Waals surface area (Å²) in [5.41, 5.74) is 0.431. The third-order valence-corrected chi connectivity index (χ3v) is 5.16. The smallest absolute Gasteiger partial charge is 0.128 e. The van der Waals surface area contributed by atoms with Crippen molar-refractivity contribution in [1.82, 2.24) is 20.1 Å². The van der Waals surface area contributed by atoms with Crippen molar-refractivity contribution < 1.29 is 9.84 Å². The molecule has 0 bridgehead atoms. The number of rotatable bonds is 9. The molecule has 0 amide bonds. The first kappa shape index (κ1) is 19.4. The van der Waals surface area contributed by atoms with Crippen LogP contribution in [0.25, 0.3) is 0 Å². The minimum Gasteiger partial charge on any atom is -0.492 e. The van der Waals surface area contributed by atoms with Crippen LogP contribution in [-0.4, -0.2) is 51.7 Å². The van der Waals surface area contributed by atoms with Crippen LogP contribution in [0.1, 0.15) is 12.0 Å². The molecule has 1 unspecified atom stereocenters. The van der Waals surface area contributed by atoms with Gasteiger partial charge < -0.3 is 20.1 Å². The van der Waals surface area contributed by atoms with E-state index in [2.05, 4.69) is 32.4 Å². The SMILES string of the molecule is OC1(CNCc2ccc(OCCn3cccn3)cc2)CCN(c2ccccn2)C1. The predicted molar refractivity (Wildman–Crippen MR) is 112 cm³/mol. The van der Waals surface area contributed by atoms with Crippen molar-refractivity contribution in [1.29, 1.82) is 0 Å². The third-order valence-electron chi connectivity index (χ3n) is 5.16. The summed E-state index contributed by atoms with van der Waals surface area (Å²) in [7, 11) is 0. The average Bonchev–Trinajstić information content (AvgIpc) is 3.40. The van der Waals surface area contributed by atoms with Crippen LogP contribution in [-0.2, 0) is 13.1 Å². The molecule has 4 rings (SSSR count). The zero-order valence-corrected chi connectivity index (χ0v) is 16.4. The van der Waals surface area contributed by atoms with Gasteiger partial charge in [0, 0.05) is 44.8 Å². The number of pyridine rings is 1. The summed E-state index contributed by atoms with van der Waals surface area (Å²) in [4.78, 5) is 6.51. The number of hydrogen-bond acceptors (Lipinski definition) is 6. The second-order valence-electron chi connectivity index (χ2n) is 7.45. The van der Waals surface area contributed by atoms with E-state index >= 15 is 0 Å². The van der Waals surface area contributed by atoms with E-state index in [1.165, 1.54) is 0 Å². The van der Waals surface area contributed by atoms with Crippen molar-refractivity contribution in [3.8, 4) is 5.75 Å². The Balaban J connectivity index is 1.19. The number of nitrogens with zero attached hydrogens (tertiary/aromatic N) is 4. The molecule has 152 valence electrons. The van der Waals surface area contributed by atoms with Gasteiger partial charge >= 0.3 is 0 Å². The van der Waals surface area contributed by atoms with Crippen molar-refractivity contribution >= 4 is 5.82 Å². The molecular weight excluding hydrogens is 366 g/mol. The maximum atomic E-state index is 10.9. The molecule has 0 radical (unpaired) electrons. The molecule has 1 saturated heterocycles. The number of nitrogens with one attached hydrogen (secondary N) is 1. The number of aromatic nitrogens is 3. The second-order valence-corrected chi connectivity index (χ2v) is 7.45. The van der Waals surface area contributed by atoms with Gasteiger partial charge in [-0.2, -0.15) is 5.10 Å². The Morgan fingerprint density at radius 2 is 2.00 bits per heavy atom. The molecule has 0 spiro atoms. The van der Waals surface area contributed by atoms with Gasteiger partial charge in [0.15, 0.2) is 0 Å². The minimum absolute atomic E-state index is 0.554. The van der Waals surface area contributed by atoms with E-state index in [0.717, 1.165) is 36.6 Å². The molecule has 29 heavy (non-hydrogen) atoms. The van der Waals surface area contributed by atoms with Crippen molar-refractivity contribution in [2.24, 2.45) is 0 Å². The van der Waals surface area contributed by atoms with E-state index in [1.807, 2.05) is 47.3 Å². The van der Waals surface area contributed by atoms with Gasteiger partial charge in [0.25, 0.3) is 0 Å². The molecule has 1 fully saturated rings. The fourth-order valence-corrected chi connectivity index (χ4v) is 3.57. The summed E-state index contributed by atoms with van der Waals surface area (Å²) < 4.78 is 7.61. The highest BCUT2D eigenvalue weighted by Crippen LogP contribution is 2.25. The van der Waals surface area contributed by atoms with Gasteiger partial charge in [0.2, 0.25) is 0 Å². The molecule has 7 nitrogen and oxygen atoms in total. The largest absolute Gasteiger partial charge is 0.492 e. The Kier molecular flexibility index (Phi) is 6.07. The molecule has 2 aromatic heterocycles. The zero-order chi connectivity index (χ0) is 19.9. The van der Waals surface area contributed by atoms with Crippen LogP contribution in [0.2, 0.25) is 0 Å². The standard InChI is InChI=1S/C22H27N5O2/c28-22(9-13-26(18-22)21-4-1-2-10-24-21)17-23-16-19-5-7-20(8-6-19)29-15-14-27-12-3-11-25-27/h1-8,10-12,23,28H,9,13-18H2. The van der Waals surface area contributed by atoms with Crippen LogP contribution in [0.5, 0.6) is 5.75 Å². The molecule has 0 saturated carbocycles. The maximum Gasteiger partial charge on any atom is 0.128 e. The van der Waals surface area contributed by atoms with Crippen LogP contribution >= 0.6 is 0 Å². The molecule has 1 aromatic carbocycles. The lowest BCUT2D eigenvalue weighted by Gasteiger charge is -2.24. The van der Waals surface area contributed by atoms with Crippen molar-refractivity contribution in [2.75, 3.05) is 31.1 Å². The molecule has 2 N–H and O–H groups in total. The summed E-state index contributed by atoms with van der Waals surface area (Å²) in [5.74, 6) is 1.77. The fraction of sp³-hybridized carbons (Fsp3) is 0.364. The van der Waals surface area contributed by atoms with Crippen LogP contribution < -0.4 is 15.0 Å². The lowest BCUT2D eigenvalue weighted by atomic mass is 10.0. The van der Waals surface area contributed by atoms with Crippen molar-refractivity contribution in [3.05, 3.63) is 72.7 Å². The average molecular weight is 393 g/mol. The van der Waals surface area contributed by atoms with Crippen LogP contribution in [0, 0.1) is 0 Å². The summed E-state index contributed by atoms with van der Waals surface area (Å²) >= 11 is 0. The maximum absolute atomic E-state index is 10.9. The lowest BCUT2D eigenvalue weighted by molar-refractivity contribution is 0.0626. The Labute approximate surface area is 171 Å². The first-order valence-corrected chi connectivity index (χ1v) is 9.98. The highest BCUT2D eigenvalue weighted by atomic mass is 16.5. The van der Waals surface area contributed by atoms with Gasteiger partial charge in [-0.3, -0.25) is 4.68 Å². The molecule has 3 heterocycles. The zero-order valence-electron chi connectivity index (χ0n) is 16.4. The first-order chi connectivity index (χ1) is 14.2. The Hall–Kier alpha value is -2.90. The second kappa shape index (κ2) is 9.07. The summed E-state index contributed by atoms with van der Waals surface area (Å²) in [6.07, 6.45) is 6.21. The van der Waals surface area contributed by atoms with Gasteiger partial charge in [0.05, 0.1) is 12.1 Å². The summed E-state index contributed by atoms with van der Waals surface area (Å²) in [6, 6.07) is 15.8. The number of ether oxygens (including phenoxy) is 1. The molecular formula is C22H27N5O2. The molecule has 7 heteroatoms. The molecule has 3 aromatic rings. The topological polar surface area (TPSA) is 75.4 Å². The molecule has 1 aliphatic heterocycles. The van der Waals surface area contributed by atoms with Crippen LogP contribution in [0.15, 0.2) is 67.1 Å². The molecule has 1 atom stereocenters. The molecule has 1 aliphatic rings. The van der Waals surface area contributed by atoms with Crippen LogP contribution in [0.4, 0.5) is 5.82 Å². The van der Waals surface area contributed by atoms with Gasteiger partial charge in [-0.1, -0.05) is 18.2 Å². The quantitative estimate of drug-likeness (QED) is 0.580. The van der Waals surface area contributed by atoms with Crippen molar-refractivity contribution in [3.63, 3.8) is 0 Å². The predicted octanol–water partition coefficient (Wildman–Crippen LogP) is 2.09. The van der Waals surface area contributed by atoms with Gasteiger partial charge in [-0.25, -0.2) is 4.98 Å². The van der Waals surface area contributed by atoms with E-state index in [0.29, 0.717) is 26.2 Å². The number of hydrogen-bond donors (Lipinski definition) is 2. The lowest BCUT2D eigenvalue weighted by Crippen LogP contribution is -2.43. The van der Waals surface area contributed by atoms with E-state index in [4.69, 9.17) is 4.74 Å². The van der Waals surface area contributed by atoms with Gasteiger partial charge in [-0.05, 0) is 42.3 Å². The highest BCUT2D eigenvalue weighted by Gasteiger charge is 2.36. The molecule has 0 aliphatic carbocycles. The number of β-amino-alcohol motifs (C(OH)–C–C–N with tert-alkyl or cyclic N) is 1. The highest BCUT2D eigenvalue weighted by molar-refractivity contribution is 5.40. The van der Waals surface area contributed by atoms with E-state index in [-0.39, 0.29) is 0 Å². The van der Waals surface area contributed by atoms with Crippen LogP contribution in [0.3, 0.4) is 0 Å². The monoisotopic (exact) mass is 393 g/mol. The van der Waals surface area contributed by atoms with Gasteiger partial charge in [0.1, 0.15) is 18.2 Å². The summed E-state index contributed by atoms with van der Waals surface area (Å²) in [6.45, 7) is 3.99. The van der Waals surface area contributed by atoms with E-state index < -0.39 is 5.60 Å². The van der Waals surface area contributed by atoms with E-state index in [1.54, 1.807) is 12.4 Å². The Morgan fingerprint density at radius 3 is 2.76 bits per heavy atom. The van der Waals surface area contributed by atoms with Gasteiger partial charge in [-0.15, -0.1) is 0 Å². The number of benzene rings is 1. The Bertz CT molecular complexity index is 870. The Morgan fingerprint density at radius 1 is 1.10 bits per heavy atom. The fourth-order valence-electron chi connectivity index (χ4n) is 3.57. The normalized spacial score (nSPS) is 18.9. The summed E-state index contributed by atoms with van der Waals surface area (Å²) in [5, 5.41) is 18.4. The van der Waals surface area contributed by atoms with E-state index in [9.17, 15) is 5.11 Å². The number of anilines is 1. The number of aliphatic hydroxyl groups is 1. The van der Waals surface area contributed by atoms with Crippen molar-refractivity contribution in [2.45, 2.75) is 25.1 Å².